The van der Waals surface area contributed by atoms with Gasteiger partial charge in [0.25, 0.3) is 0 Å². The van der Waals surface area contributed by atoms with Gasteiger partial charge in [0, 0.05) is 35.7 Å². The molecule has 1 heterocycles. The fourth-order valence-electron chi connectivity index (χ4n) is 2.22. The van der Waals surface area contributed by atoms with Crippen molar-refractivity contribution >= 4 is 17.3 Å². The Kier molecular flexibility index (Phi) is 2.88. The predicted molar refractivity (Wildman–Crippen MR) is 77.8 cm³/mol. The second kappa shape index (κ2) is 4.54. The van der Waals surface area contributed by atoms with Crippen molar-refractivity contribution in [3.05, 3.63) is 65.9 Å². The SMILES string of the molecule is CN(C)C=C1c2ccccc2Sc2ccccc21. The summed E-state index contributed by atoms with van der Waals surface area (Å²) in [6.45, 7) is 0. The summed E-state index contributed by atoms with van der Waals surface area (Å²) in [6.07, 6.45) is 2.21. The molecule has 0 atom stereocenters. The molecule has 0 amide bonds. The Hall–Kier alpha value is -1.67. The summed E-state index contributed by atoms with van der Waals surface area (Å²) in [7, 11) is 4.14. The fourth-order valence-corrected chi connectivity index (χ4v) is 3.32. The van der Waals surface area contributed by atoms with E-state index < -0.39 is 0 Å². The van der Waals surface area contributed by atoms with E-state index in [4.69, 9.17) is 0 Å². The second-order valence-corrected chi connectivity index (χ2v) is 5.68. The van der Waals surface area contributed by atoms with E-state index >= 15 is 0 Å². The average Bonchev–Trinajstić information content (AvgIpc) is 2.38. The summed E-state index contributed by atoms with van der Waals surface area (Å²) in [5.74, 6) is 0. The van der Waals surface area contributed by atoms with Crippen LogP contribution in [0.3, 0.4) is 0 Å². The van der Waals surface area contributed by atoms with Gasteiger partial charge in [-0.1, -0.05) is 48.2 Å². The number of hydrogen-bond acceptors (Lipinski definition) is 2. The van der Waals surface area contributed by atoms with Crippen LogP contribution >= 0.6 is 11.8 Å². The van der Waals surface area contributed by atoms with Gasteiger partial charge < -0.3 is 4.90 Å². The molecule has 0 aromatic heterocycles. The van der Waals surface area contributed by atoms with E-state index in [9.17, 15) is 0 Å². The molecule has 1 nitrogen and oxygen atoms in total. The third-order valence-electron chi connectivity index (χ3n) is 2.96. The summed E-state index contributed by atoms with van der Waals surface area (Å²) >= 11 is 1.85. The summed E-state index contributed by atoms with van der Waals surface area (Å²) in [5, 5.41) is 0. The number of nitrogens with zero attached hydrogens (tertiary/aromatic N) is 1. The molecule has 0 bridgehead atoms. The van der Waals surface area contributed by atoms with Gasteiger partial charge in [0.1, 0.15) is 0 Å². The van der Waals surface area contributed by atoms with Crippen molar-refractivity contribution < 1.29 is 0 Å². The molecule has 0 saturated heterocycles. The van der Waals surface area contributed by atoms with Gasteiger partial charge in [-0.2, -0.15) is 0 Å². The number of hydrogen-bond donors (Lipinski definition) is 0. The van der Waals surface area contributed by atoms with Crippen LogP contribution in [-0.4, -0.2) is 19.0 Å². The van der Waals surface area contributed by atoms with E-state index in [1.54, 1.807) is 0 Å². The van der Waals surface area contributed by atoms with Crippen molar-refractivity contribution in [2.75, 3.05) is 14.1 Å². The third-order valence-corrected chi connectivity index (χ3v) is 4.11. The van der Waals surface area contributed by atoms with Gasteiger partial charge in [-0.05, 0) is 23.3 Å². The molecule has 0 N–H and O–H groups in total. The lowest BCUT2D eigenvalue weighted by molar-refractivity contribution is 0.565. The Labute approximate surface area is 112 Å². The van der Waals surface area contributed by atoms with Crippen molar-refractivity contribution in [2.45, 2.75) is 9.79 Å². The molecule has 18 heavy (non-hydrogen) atoms. The molecular formula is C16H15NS. The van der Waals surface area contributed by atoms with Crippen LogP contribution in [-0.2, 0) is 0 Å². The molecule has 0 unspecified atom stereocenters. The lowest BCUT2D eigenvalue weighted by Gasteiger charge is -2.23. The first-order valence-corrected chi connectivity index (χ1v) is 6.82. The van der Waals surface area contributed by atoms with Crippen LogP contribution in [0.5, 0.6) is 0 Å². The largest absolute Gasteiger partial charge is 0.383 e. The first kappa shape index (κ1) is 11.4. The number of benzene rings is 2. The van der Waals surface area contributed by atoms with E-state index in [0.717, 1.165) is 0 Å². The quantitative estimate of drug-likeness (QED) is 0.642. The Morgan fingerprint density at radius 2 is 1.33 bits per heavy atom. The molecule has 0 aliphatic carbocycles. The molecule has 1 aliphatic rings. The predicted octanol–water partition coefficient (Wildman–Crippen LogP) is 4.10. The lowest BCUT2D eigenvalue weighted by atomic mass is 9.98. The standard InChI is InChI=1S/C16H15NS/c1-17(2)11-14-12-7-3-5-9-15(12)18-16-10-6-4-8-13(14)16/h3-11H,1-2H3. The average molecular weight is 253 g/mol. The zero-order chi connectivity index (χ0) is 12.5. The van der Waals surface area contributed by atoms with Crippen LogP contribution in [0.1, 0.15) is 11.1 Å². The van der Waals surface area contributed by atoms with Crippen molar-refractivity contribution in [1.82, 2.24) is 4.90 Å². The van der Waals surface area contributed by atoms with Crippen molar-refractivity contribution in [2.24, 2.45) is 0 Å². The highest BCUT2D eigenvalue weighted by Crippen LogP contribution is 2.44. The summed E-state index contributed by atoms with van der Waals surface area (Å²) < 4.78 is 0. The molecule has 0 saturated carbocycles. The highest BCUT2D eigenvalue weighted by atomic mass is 32.2. The van der Waals surface area contributed by atoms with Gasteiger partial charge in [-0.25, -0.2) is 0 Å². The Bertz CT molecular complexity index is 566. The third kappa shape index (κ3) is 1.93. The smallest absolute Gasteiger partial charge is 0.0201 e. The van der Waals surface area contributed by atoms with Gasteiger partial charge in [0.2, 0.25) is 0 Å². The molecule has 1 aliphatic heterocycles. The maximum atomic E-state index is 2.21. The van der Waals surface area contributed by atoms with E-state index in [0.29, 0.717) is 0 Å². The highest BCUT2D eigenvalue weighted by molar-refractivity contribution is 7.99. The van der Waals surface area contributed by atoms with Crippen LogP contribution in [0.15, 0.2) is 64.5 Å². The molecule has 2 aromatic carbocycles. The first-order valence-electron chi connectivity index (χ1n) is 6.00. The maximum Gasteiger partial charge on any atom is 0.0201 e. The number of rotatable bonds is 1. The van der Waals surface area contributed by atoms with Crippen LogP contribution in [0.4, 0.5) is 0 Å². The zero-order valence-corrected chi connectivity index (χ0v) is 11.4. The van der Waals surface area contributed by atoms with E-state index in [1.807, 2.05) is 11.8 Å². The van der Waals surface area contributed by atoms with Crippen molar-refractivity contribution in [3.63, 3.8) is 0 Å². The summed E-state index contributed by atoms with van der Waals surface area (Å²) in [4.78, 5) is 4.78. The fraction of sp³-hybridized carbons (Fsp3) is 0.125. The Morgan fingerprint density at radius 3 is 1.83 bits per heavy atom. The molecule has 2 heteroatoms. The normalized spacial score (nSPS) is 12.7. The van der Waals surface area contributed by atoms with E-state index in [2.05, 4.69) is 73.7 Å². The van der Waals surface area contributed by atoms with Crippen molar-refractivity contribution in [3.8, 4) is 0 Å². The van der Waals surface area contributed by atoms with Gasteiger partial charge >= 0.3 is 0 Å². The van der Waals surface area contributed by atoms with Crippen LogP contribution < -0.4 is 0 Å². The molecular weight excluding hydrogens is 238 g/mol. The zero-order valence-electron chi connectivity index (χ0n) is 10.6. The monoisotopic (exact) mass is 253 g/mol. The summed E-state index contributed by atoms with van der Waals surface area (Å²) in [5.41, 5.74) is 3.97. The molecule has 0 radical (unpaired) electrons. The van der Waals surface area contributed by atoms with Crippen molar-refractivity contribution in [1.29, 1.82) is 0 Å². The number of fused-ring (bicyclic) bond motifs is 2. The first-order chi connectivity index (χ1) is 8.75. The van der Waals surface area contributed by atoms with E-state index in [1.165, 1.54) is 26.5 Å². The van der Waals surface area contributed by atoms with E-state index in [-0.39, 0.29) is 0 Å². The Morgan fingerprint density at radius 1 is 0.833 bits per heavy atom. The van der Waals surface area contributed by atoms with Crippen LogP contribution in [0, 0.1) is 0 Å². The van der Waals surface area contributed by atoms with Gasteiger partial charge in [-0.3, -0.25) is 0 Å². The molecule has 3 rings (SSSR count). The van der Waals surface area contributed by atoms with Crippen LogP contribution in [0.2, 0.25) is 0 Å². The van der Waals surface area contributed by atoms with Gasteiger partial charge in [-0.15, -0.1) is 0 Å². The molecule has 2 aromatic rings. The highest BCUT2D eigenvalue weighted by Gasteiger charge is 2.19. The van der Waals surface area contributed by atoms with Crippen LogP contribution in [0.25, 0.3) is 5.57 Å². The molecule has 0 spiro atoms. The summed E-state index contributed by atoms with van der Waals surface area (Å²) in [6, 6.07) is 17.2. The minimum absolute atomic E-state index is 1.31. The molecule has 90 valence electrons. The minimum Gasteiger partial charge on any atom is -0.383 e. The van der Waals surface area contributed by atoms with Gasteiger partial charge in [0.15, 0.2) is 0 Å². The molecule has 0 fully saturated rings. The maximum absolute atomic E-state index is 2.21. The second-order valence-electron chi connectivity index (χ2n) is 4.60. The topological polar surface area (TPSA) is 3.24 Å². The minimum atomic E-state index is 1.31. The van der Waals surface area contributed by atoms with Gasteiger partial charge in [0.05, 0.1) is 0 Å². The Balaban J connectivity index is 2.24. The lowest BCUT2D eigenvalue weighted by Crippen LogP contribution is -2.06.